The molecule has 3 nitrogen and oxygen atoms in total. The number of hydrogen-bond acceptors (Lipinski definition) is 3. The van der Waals surface area contributed by atoms with Gasteiger partial charge >= 0.3 is 0 Å². The van der Waals surface area contributed by atoms with Gasteiger partial charge in [-0.05, 0) is 24.0 Å². The summed E-state index contributed by atoms with van der Waals surface area (Å²) in [5.74, 6) is 0.260. The van der Waals surface area contributed by atoms with Gasteiger partial charge in [-0.1, -0.05) is 79.2 Å². The van der Waals surface area contributed by atoms with Gasteiger partial charge in [0.25, 0.3) is 0 Å². The lowest BCUT2D eigenvalue weighted by atomic mass is 9.58. The highest BCUT2D eigenvalue weighted by atomic mass is 16.4. The highest BCUT2D eigenvalue weighted by Gasteiger charge is 2.52. The van der Waals surface area contributed by atoms with Crippen molar-refractivity contribution in [2.24, 2.45) is 16.5 Å². The molecule has 2 aromatic rings. The molecule has 1 aliphatic heterocycles. The molecule has 2 bridgehead atoms. The fraction of sp³-hybridized carbons (Fsp3) is 0.381. The molecule has 0 radical (unpaired) electrons. The fourth-order valence-corrected chi connectivity index (χ4v) is 4.76. The summed E-state index contributed by atoms with van der Waals surface area (Å²) in [4.78, 5) is 0. The quantitative estimate of drug-likeness (QED) is 0.622. The zero-order valence-electron chi connectivity index (χ0n) is 14.0. The van der Waals surface area contributed by atoms with Crippen LogP contribution in [0.15, 0.2) is 65.8 Å². The first-order valence-corrected chi connectivity index (χ1v) is 8.82. The Morgan fingerprint density at radius 3 is 2.25 bits per heavy atom. The van der Waals surface area contributed by atoms with E-state index in [1.54, 1.807) is 0 Å². The van der Waals surface area contributed by atoms with Crippen LogP contribution in [-0.2, 0) is 0 Å². The van der Waals surface area contributed by atoms with E-state index in [-0.39, 0.29) is 23.4 Å². The van der Waals surface area contributed by atoms with Gasteiger partial charge in [-0.25, -0.2) is 0 Å². The van der Waals surface area contributed by atoms with Crippen molar-refractivity contribution >= 4 is 5.71 Å². The van der Waals surface area contributed by atoms with Crippen LogP contribution in [0.2, 0.25) is 0 Å². The highest BCUT2D eigenvalue weighted by molar-refractivity contribution is 5.94. The number of benzene rings is 2. The summed E-state index contributed by atoms with van der Waals surface area (Å²) in [6.45, 7) is 2.25. The molecule has 124 valence electrons. The smallest absolute Gasteiger partial charge is 0.0698 e. The predicted molar refractivity (Wildman–Crippen MR) is 96.2 cm³/mol. The Labute approximate surface area is 143 Å². The van der Waals surface area contributed by atoms with Crippen LogP contribution < -0.4 is 5.32 Å². The van der Waals surface area contributed by atoms with Crippen LogP contribution in [0, 0.1) is 11.3 Å². The number of oxime groups is 1. The Morgan fingerprint density at radius 1 is 1.00 bits per heavy atom. The van der Waals surface area contributed by atoms with Crippen molar-refractivity contribution in [3.05, 3.63) is 71.8 Å². The van der Waals surface area contributed by atoms with Crippen molar-refractivity contribution in [2.75, 3.05) is 0 Å². The molecule has 1 heterocycles. The summed E-state index contributed by atoms with van der Waals surface area (Å²) in [5, 5.41) is 17.6. The van der Waals surface area contributed by atoms with Crippen LogP contribution in [0.25, 0.3) is 0 Å². The lowest BCUT2D eigenvalue weighted by molar-refractivity contribution is 0.147. The Kier molecular flexibility index (Phi) is 3.89. The van der Waals surface area contributed by atoms with Crippen LogP contribution in [0.4, 0.5) is 0 Å². The zero-order valence-corrected chi connectivity index (χ0v) is 14.0. The first-order chi connectivity index (χ1) is 11.7. The monoisotopic (exact) mass is 320 g/mol. The molecule has 2 aromatic carbocycles. The van der Waals surface area contributed by atoms with Crippen LogP contribution in [-0.4, -0.2) is 10.9 Å². The number of rotatable bonds is 2. The minimum atomic E-state index is -0.135. The van der Waals surface area contributed by atoms with Gasteiger partial charge in [-0.2, -0.15) is 0 Å². The average Bonchev–Trinajstić information content (AvgIpc) is 2.63. The highest BCUT2D eigenvalue weighted by Crippen LogP contribution is 2.53. The van der Waals surface area contributed by atoms with Crippen LogP contribution in [0.3, 0.4) is 0 Å². The third-order valence-electron chi connectivity index (χ3n) is 5.93. The van der Waals surface area contributed by atoms with Gasteiger partial charge in [0.1, 0.15) is 0 Å². The Morgan fingerprint density at radius 2 is 1.62 bits per heavy atom. The maximum atomic E-state index is 9.85. The van der Waals surface area contributed by atoms with Gasteiger partial charge in [0.05, 0.1) is 5.71 Å². The standard InChI is InChI=1S/C21H24N2O/c1-21-14-8-13-17(20(21)23-24)18(15-9-4-2-5-10-15)22-19(21)16-11-6-3-7-12-16/h2-7,9-12,17-19,22,24H,8,13-14H2,1H3/b23-20+. The van der Waals surface area contributed by atoms with Crippen molar-refractivity contribution in [3.63, 3.8) is 0 Å². The first-order valence-electron chi connectivity index (χ1n) is 8.82. The maximum absolute atomic E-state index is 9.85. The summed E-state index contributed by atoms with van der Waals surface area (Å²) in [6, 6.07) is 21.5. The summed E-state index contributed by atoms with van der Waals surface area (Å²) in [6.07, 6.45) is 3.30. The molecule has 0 spiro atoms. The largest absolute Gasteiger partial charge is 0.411 e. The molecule has 1 saturated heterocycles. The second-order valence-electron chi connectivity index (χ2n) is 7.30. The van der Waals surface area contributed by atoms with Crippen molar-refractivity contribution in [1.82, 2.24) is 5.32 Å². The van der Waals surface area contributed by atoms with Crippen molar-refractivity contribution in [1.29, 1.82) is 0 Å². The van der Waals surface area contributed by atoms with Gasteiger partial charge in [-0.15, -0.1) is 0 Å². The number of nitrogens with zero attached hydrogens (tertiary/aromatic N) is 1. The van der Waals surface area contributed by atoms with Crippen molar-refractivity contribution in [2.45, 2.75) is 38.3 Å². The summed E-state index contributed by atoms with van der Waals surface area (Å²) < 4.78 is 0. The minimum Gasteiger partial charge on any atom is -0.411 e. The molecule has 4 unspecified atom stereocenters. The van der Waals surface area contributed by atoms with Crippen molar-refractivity contribution in [3.8, 4) is 0 Å². The van der Waals surface area contributed by atoms with Crippen LogP contribution >= 0.6 is 0 Å². The molecule has 4 rings (SSSR count). The lowest BCUT2D eigenvalue weighted by Crippen LogP contribution is -2.56. The summed E-state index contributed by atoms with van der Waals surface area (Å²) in [7, 11) is 0. The van der Waals surface area contributed by atoms with E-state index in [0.717, 1.165) is 18.6 Å². The Bertz CT molecular complexity index is 728. The maximum Gasteiger partial charge on any atom is 0.0698 e. The number of fused-ring (bicyclic) bond motifs is 2. The SMILES string of the molecule is CC12CCCC(/C1=N\O)C(c1ccccc1)NC2c1ccccc1. The van der Waals surface area contributed by atoms with Gasteiger partial charge in [0.2, 0.25) is 0 Å². The lowest BCUT2D eigenvalue weighted by Gasteiger charge is -2.53. The van der Waals surface area contributed by atoms with Crippen LogP contribution in [0.5, 0.6) is 0 Å². The summed E-state index contributed by atoms with van der Waals surface area (Å²) in [5.41, 5.74) is 3.37. The zero-order chi connectivity index (χ0) is 16.6. The molecule has 1 aliphatic carbocycles. The normalized spacial score (nSPS) is 34.2. The number of hydrogen-bond donors (Lipinski definition) is 2. The molecule has 4 atom stereocenters. The number of nitrogens with one attached hydrogen (secondary N) is 1. The molecule has 0 amide bonds. The average molecular weight is 320 g/mol. The van der Waals surface area contributed by atoms with Gasteiger partial charge in [0, 0.05) is 23.4 Å². The van der Waals surface area contributed by atoms with E-state index in [1.807, 2.05) is 12.1 Å². The number of piperidine rings is 1. The van der Waals surface area contributed by atoms with Gasteiger partial charge < -0.3 is 10.5 Å². The van der Waals surface area contributed by atoms with E-state index in [2.05, 4.69) is 65.9 Å². The van der Waals surface area contributed by atoms with E-state index in [1.165, 1.54) is 17.5 Å². The minimum absolute atomic E-state index is 0.135. The third-order valence-corrected chi connectivity index (χ3v) is 5.93. The Hall–Kier alpha value is -2.13. The van der Waals surface area contributed by atoms with Crippen LogP contribution in [0.1, 0.15) is 49.4 Å². The molecule has 24 heavy (non-hydrogen) atoms. The fourth-order valence-electron chi connectivity index (χ4n) is 4.76. The molecule has 2 aliphatic rings. The molecule has 0 aromatic heterocycles. The molecule has 2 fully saturated rings. The second-order valence-corrected chi connectivity index (χ2v) is 7.30. The molecule has 1 saturated carbocycles. The van der Waals surface area contributed by atoms with E-state index in [4.69, 9.17) is 0 Å². The van der Waals surface area contributed by atoms with E-state index in [0.29, 0.717) is 0 Å². The molecule has 3 heteroatoms. The predicted octanol–water partition coefficient (Wildman–Crippen LogP) is 4.71. The van der Waals surface area contributed by atoms with E-state index < -0.39 is 0 Å². The molecular weight excluding hydrogens is 296 g/mol. The second kappa shape index (κ2) is 6.06. The van der Waals surface area contributed by atoms with Crippen molar-refractivity contribution < 1.29 is 5.21 Å². The van der Waals surface area contributed by atoms with E-state index in [9.17, 15) is 5.21 Å². The van der Waals surface area contributed by atoms with Gasteiger partial charge in [-0.3, -0.25) is 0 Å². The van der Waals surface area contributed by atoms with E-state index >= 15 is 0 Å². The molecule has 2 N–H and O–H groups in total. The first kappa shape index (κ1) is 15.4. The van der Waals surface area contributed by atoms with Gasteiger partial charge in [0.15, 0.2) is 0 Å². The topological polar surface area (TPSA) is 44.6 Å². The third kappa shape index (κ3) is 2.35. The molecular formula is C21H24N2O. The summed E-state index contributed by atoms with van der Waals surface area (Å²) >= 11 is 0. The Balaban J connectivity index is 1.82.